The van der Waals surface area contributed by atoms with Crippen molar-refractivity contribution in [3.63, 3.8) is 0 Å². The van der Waals surface area contributed by atoms with Gasteiger partial charge in [-0.05, 0) is 57.1 Å². The van der Waals surface area contributed by atoms with Crippen molar-refractivity contribution in [1.82, 2.24) is 15.1 Å². The molecule has 2 aliphatic rings. The minimum Gasteiger partial charge on any atom is -0.352 e. The minimum atomic E-state index is -0.668. The maximum Gasteiger partial charge on any atom is 0.256 e. The molecule has 1 fully saturated rings. The van der Waals surface area contributed by atoms with Crippen LogP contribution in [0.15, 0.2) is 54.6 Å². The van der Waals surface area contributed by atoms with Gasteiger partial charge in [0.25, 0.3) is 11.8 Å². The number of nitrogens with zero attached hydrogens (tertiary/aromatic N) is 3. The number of anilines is 1. The highest BCUT2D eigenvalue weighted by molar-refractivity contribution is 6.12. The predicted molar refractivity (Wildman–Crippen MR) is 133 cm³/mol. The Kier molecular flexibility index (Phi) is 7.63. The van der Waals surface area contributed by atoms with E-state index in [0.717, 1.165) is 37.9 Å². The van der Waals surface area contributed by atoms with Crippen molar-refractivity contribution in [2.24, 2.45) is 0 Å². The molecule has 0 aliphatic carbocycles. The topological polar surface area (TPSA) is 73.0 Å². The number of nitrogens with one attached hydrogen (secondary N) is 1. The fourth-order valence-corrected chi connectivity index (χ4v) is 4.88. The molecule has 180 valence electrons. The summed E-state index contributed by atoms with van der Waals surface area (Å²) in [4.78, 5) is 46.1. The highest BCUT2D eigenvalue weighted by Gasteiger charge is 2.39. The largest absolute Gasteiger partial charge is 0.352 e. The molecule has 1 unspecified atom stereocenters. The molecule has 0 saturated carbocycles. The summed E-state index contributed by atoms with van der Waals surface area (Å²) in [6.07, 6.45) is 2.94. The molecule has 7 heteroatoms. The quantitative estimate of drug-likeness (QED) is 0.687. The van der Waals surface area contributed by atoms with E-state index in [4.69, 9.17) is 0 Å². The summed E-state index contributed by atoms with van der Waals surface area (Å²) < 4.78 is 0. The number of hydrogen-bond acceptors (Lipinski definition) is 4. The number of carbonyl (C=O) groups excluding carboxylic acids is 3. The molecule has 0 bridgehead atoms. The van der Waals surface area contributed by atoms with E-state index in [1.54, 1.807) is 23.1 Å². The Balaban J connectivity index is 1.63. The van der Waals surface area contributed by atoms with Gasteiger partial charge in [0.2, 0.25) is 5.91 Å². The first-order valence-corrected chi connectivity index (χ1v) is 12.2. The number of hydrogen-bond donors (Lipinski definition) is 1. The van der Waals surface area contributed by atoms with Crippen molar-refractivity contribution < 1.29 is 14.4 Å². The molecule has 0 spiro atoms. The van der Waals surface area contributed by atoms with Gasteiger partial charge in [-0.1, -0.05) is 49.4 Å². The zero-order chi connectivity index (χ0) is 24.1. The highest BCUT2D eigenvalue weighted by Crippen LogP contribution is 2.29. The second kappa shape index (κ2) is 10.8. The Morgan fingerprint density at radius 3 is 2.38 bits per heavy atom. The molecule has 4 rings (SSSR count). The number of piperidine rings is 1. The van der Waals surface area contributed by atoms with Gasteiger partial charge >= 0.3 is 0 Å². The van der Waals surface area contributed by atoms with E-state index < -0.39 is 6.04 Å². The minimum absolute atomic E-state index is 0.0965. The molecule has 3 amide bonds. The number of rotatable bonds is 7. The third-order valence-electron chi connectivity index (χ3n) is 6.74. The standard InChI is InChI=1S/C27H34N4O3/c1-3-15-30-24(18-20-9-5-4-6-10-20)27(34)31(23-12-8-7-11-22(23)26(30)33)19-25(32)28-21-13-16-29(2)17-14-21/h4-12,21,24H,3,13-19H2,1-2H3,(H,28,32). The highest BCUT2D eigenvalue weighted by atomic mass is 16.2. The van der Waals surface area contributed by atoms with Gasteiger partial charge in [0.05, 0.1) is 11.3 Å². The summed E-state index contributed by atoms with van der Waals surface area (Å²) in [5.74, 6) is -0.563. The molecule has 2 aromatic carbocycles. The average molecular weight is 463 g/mol. The zero-order valence-corrected chi connectivity index (χ0v) is 20.1. The SMILES string of the molecule is CCCN1C(=O)c2ccccc2N(CC(=O)NC2CCN(C)CC2)C(=O)C1Cc1ccccc1. The van der Waals surface area contributed by atoms with Gasteiger partial charge in [0, 0.05) is 19.0 Å². The van der Waals surface area contributed by atoms with Gasteiger partial charge in [0.15, 0.2) is 0 Å². The molecule has 7 nitrogen and oxygen atoms in total. The molecule has 0 aromatic heterocycles. The van der Waals surface area contributed by atoms with Gasteiger partial charge in [-0.2, -0.15) is 0 Å². The molecule has 1 saturated heterocycles. The normalized spacial score (nSPS) is 19.6. The zero-order valence-electron chi connectivity index (χ0n) is 20.1. The molecule has 2 aliphatic heterocycles. The second-order valence-corrected chi connectivity index (χ2v) is 9.29. The van der Waals surface area contributed by atoms with E-state index >= 15 is 0 Å². The van der Waals surface area contributed by atoms with Gasteiger partial charge in [-0.3, -0.25) is 14.4 Å². The summed E-state index contributed by atoms with van der Waals surface area (Å²) in [5, 5.41) is 3.11. The Hall–Kier alpha value is -3.19. The van der Waals surface area contributed by atoms with Crippen LogP contribution in [-0.4, -0.2) is 72.8 Å². The fourth-order valence-electron chi connectivity index (χ4n) is 4.88. The summed E-state index contributed by atoms with van der Waals surface area (Å²) in [6.45, 7) is 4.26. The average Bonchev–Trinajstić information content (AvgIpc) is 2.92. The van der Waals surface area contributed by atoms with Crippen LogP contribution in [0.25, 0.3) is 0 Å². The molecule has 2 heterocycles. The Morgan fingerprint density at radius 2 is 1.68 bits per heavy atom. The lowest BCUT2D eigenvalue weighted by atomic mass is 10.0. The Labute approximate surface area is 201 Å². The first-order valence-electron chi connectivity index (χ1n) is 12.2. The van der Waals surface area contributed by atoms with Crippen molar-refractivity contribution in [1.29, 1.82) is 0 Å². The first-order chi connectivity index (χ1) is 16.5. The van der Waals surface area contributed by atoms with E-state index in [1.807, 2.05) is 43.3 Å². The second-order valence-electron chi connectivity index (χ2n) is 9.29. The third kappa shape index (κ3) is 5.30. The lowest BCUT2D eigenvalue weighted by molar-refractivity contribution is -0.126. The van der Waals surface area contributed by atoms with Crippen LogP contribution in [0.1, 0.15) is 42.1 Å². The number of carbonyl (C=O) groups is 3. The third-order valence-corrected chi connectivity index (χ3v) is 6.74. The van der Waals surface area contributed by atoms with E-state index in [1.165, 1.54) is 4.90 Å². The van der Waals surface area contributed by atoms with Crippen molar-refractivity contribution in [3.8, 4) is 0 Å². The van der Waals surface area contributed by atoms with Crippen molar-refractivity contribution in [2.45, 2.75) is 44.7 Å². The van der Waals surface area contributed by atoms with Crippen LogP contribution >= 0.6 is 0 Å². The van der Waals surface area contributed by atoms with E-state index in [0.29, 0.717) is 24.2 Å². The van der Waals surface area contributed by atoms with E-state index in [9.17, 15) is 14.4 Å². The van der Waals surface area contributed by atoms with Crippen molar-refractivity contribution >= 4 is 23.4 Å². The summed E-state index contributed by atoms with van der Waals surface area (Å²) in [5.41, 5.74) is 1.95. The van der Waals surface area contributed by atoms with Crippen LogP contribution in [0, 0.1) is 0 Å². The molecule has 1 atom stereocenters. The summed E-state index contributed by atoms with van der Waals surface area (Å²) in [7, 11) is 2.08. The number of para-hydroxylation sites is 1. The lowest BCUT2D eigenvalue weighted by Gasteiger charge is -2.32. The number of fused-ring (bicyclic) bond motifs is 1. The first kappa shape index (κ1) is 24.0. The number of benzene rings is 2. The number of likely N-dealkylation sites (tertiary alicyclic amines) is 1. The van der Waals surface area contributed by atoms with Crippen LogP contribution < -0.4 is 10.2 Å². The van der Waals surface area contributed by atoms with Crippen LogP contribution in [0.2, 0.25) is 0 Å². The number of amides is 3. The fraction of sp³-hybridized carbons (Fsp3) is 0.444. The maximum atomic E-state index is 14.0. The van der Waals surface area contributed by atoms with Crippen LogP contribution in [0.5, 0.6) is 0 Å². The van der Waals surface area contributed by atoms with E-state index in [2.05, 4.69) is 17.3 Å². The lowest BCUT2D eigenvalue weighted by Crippen LogP contribution is -2.53. The Bertz CT molecular complexity index is 1020. The van der Waals surface area contributed by atoms with Crippen LogP contribution in [0.3, 0.4) is 0 Å². The van der Waals surface area contributed by atoms with Gasteiger partial charge in [-0.15, -0.1) is 0 Å². The summed E-state index contributed by atoms with van der Waals surface area (Å²) in [6, 6.07) is 16.3. The smallest absolute Gasteiger partial charge is 0.256 e. The maximum absolute atomic E-state index is 14.0. The van der Waals surface area contributed by atoms with Crippen molar-refractivity contribution in [2.75, 3.05) is 38.1 Å². The monoisotopic (exact) mass is 462 g/mol. The molecule has 1 N–H and O–H groups in total. The molecular formula is C27H34N4O3. The van der Waals surface area contributed by atoms with Crippen LogP contribution in [-0.2, 0) is 16.0 Å². The molecule has 34 heavy (non-hydrogen) atoms. The predicted octanol–water partition coefficient (Wildman–Crippen LogP) is 2.71. The summed E-state index contributed by atoms with van der Waals surface area (Å²) >= 11 is 0. The Morgan fingerprint density at radius 1 is 1.00 bits per heavy atom. The van der Waals surface area contributed by atoms with Crippen LogP contribution in [0.4, 0.5) is 5.69 Å². The van der Waals surface area contributed by atoms with Gasteiger partial charge in [-0.25, -0.2) is 0 Å². The van der Waals surface area contributed by atoms with E-state index in [-0.39, 0.29) is 30.3 Å². The molecular weight excluding hydrogens is 428 g/mol. The molecule has 0 radical (unpaired) electrons. The van der Waals surface area contributed by atoms with Gasteiger partial charge < -0.3 is 20.0 Å². The van der Waals surface area contributed by atoms with Crippen molar-refractivity contribution in [3.05, 3.63) is 65.7 Å². The van der Waals surface area contributed by atoms with Gasteiger partial charge in [0.1, 0.15) is 12.6 Å². The molecule has 2 aromatic rings.